The number of para-hydroxylation sites is 4. The Morgan fingerprint density at radius 1 is 0.266 bits per heavy atom. The molecule has 0 fully saturated rings. The number of anilines is 6. The zero-order chi connectivity index (χ0) is 51.7. The average molecular weight is 1010 g/mol. The van der Waals surface area contributed by atoms with Crippen LogP contribution in [-0.2, 0) is 0 Å². The Labute approximate surface area is 453 Å². The highest BCUT2D eigenvalue weighted by molar-refractivity contribution is 6.34. The fourth-order valence-electron chi connectivity index (χ4n) is 12.9. The lowest BCUT2D eigenvalue weighted by Crippen LogP contribution is -2.09. The zero-order valence-corrected chi connectivity index (χ0v) is 42.6. The van der Waals surface area contributed by atoms with Gasteiger partial charge in [-0.3, -0.25) is 0 Å². The van der Waals surface area contributed by atoms with Gasteiger partial charge in [-0.1, -0.05) is 182 Å². The molecule has 79 heavy (non-hydrogen) atoms. The molecule has 17 rings (SSSR count). The highest BCUT2D eigenvalue weighted by atomic mass is 16.3. The van der Waals surface area contributed by atoms with E-state index in [-0.39, 0.29) is 0 Å². The van der Waals surface area contributed by atoms with Crippen molar-refractivity contribution in [3.05, 3.63) is 273 Å². The van der Waals surface area contributed by atoms with Crippen LogP contribution in [0.3, 0.4) is 0 Å². The summed E-state index contributed by atoms with van der Waals surface area (Å²) >= 11 is 0. The second-order valence-electron chi connectivity index (χ2n) is 20.8. The Kier molecular flexibility index (Phi) is 9.35. The standard InChI is InChI=1S/C74H45N3O2/c1-5-17-46(18-6-1)57-27-15-29-62-60-39-35-54(44-68(60)78-73(57)62)75(50-22-9-3-10-23-50)52-33-31-49-41-66-59-38-34-53(43-67(59)77-71-56-26-14-13-21-48(56)32-37-64(71)70(72(66)77)65(49)42-52)76(51-24-11-4-12-25-51)55-36-40-61-63-30-16-28-58(47-19-7-2-8-20-47)74(63)79-69(61)45-55/h1-45H. The molecule has 13 aromatic carbocycles. The zero-order valence-electron chi connectivity index (χ0n) is 42.6. The highest BCUT2D eigenvalue weighted by Crippen LogP contribution is 2.49. The summed E-state index contributed by atoms with van der Waals surface area (Å²) in [4.78, 5) is 4.73. The molecular formula is C74H45N3O2. The van der Waals surface area contributed by atoms with Crippen LogP contribution in [0.4, 0.5) is 34.1 Å². The summed E-state index contributed by atoms with van der Waals surface area (Å²) in [7, 11) is 0. The molecule has 4 aromatic heterocycles. The molecule has 368 valence electrons. The molecule has 0 radical (unpaired) electrons. The van der Waals surface area contributed by atoms with E-state index >= 15 is 0 Å². The molecular weight excluding hydrogens is 963 g/mol. The summed E-state index contributed by atoms with van der Waals surface area (Å²) in [5.74, 6) is 0. The third-order valence-corrected chi connectivity index (χ3v) is 16.4. The molecule has 0 atom stereocenters. The van der Waals surface area contributed by atoms with Crippen LogP contribution >= 0.6 is 0 Å². The molecule has 0 saturated carbocycles. The first kappa shape index (κ1) is 43.6. The average Bonchev–Trinajstić information content (AvgIpc) is 3.64. The van der Waals surface area contributed by atoms with Crippen molar-refractivity contribution in [3.8, 4) is 22.3 Å². The molecule has 0 bridgehead atoms. The van der Waals surface area contributed by atoms with Gasteiger partial charge in [-0.2, -0.15) is 0 Å². The lowest BCUT2D eigenvalue weighted by molar-refractivity contribution is 0.669. The van der Waals surface area contributed by atoms with Crippen LogP contribution < -0.4 is 9.80 Å². The number of hydrogen-bond donors (Lipinski definition) is 0. The fraction of sp³-hybridized carbons (Fsp3) is 0. The van der Waals surface area contributed by atoms with Crippen molar-refractivity contribution in [2.75, 3.05) is 9.80 Å². The highest BCUT2D eigenvalue weighted by Gasteiger charge is 2.25. The third-order valence-electron chi connectivity index (χ3n) is 16.4. The largest absolute Gasteiger partial charge is 0.455 e. The summed E-state index contributed by atoms with van der Waals surface area (Å²) in [5, 5.41) is 14.1. The van der Waals surface area contributed by atoms with E-state index in [9.17, 15) is 0 Å². The van der Waals surface area contributed by atoms with E-state index in [1.165, 1.54) is 54.1 Å². The fourth-order valence-corrected chi connectivity index (χ4v) is 12.9. The smallest absolute Gasteiger partial charge is 0.143 e. The minimum absolute atomic E-state index is 0.847. The van der Waals surface area contributed by atoms with Crippen molar-refractivity contribution in [1.29, 1.82) is 0 Å². The van der Waals surface area contributed by atoms with Crippen LogP contribution in [0.5, 0.6) is 0 Å². The number of benzene rings is 13. The predicted molar refractivity (Wildman–Crippen MR) is 331 cm³/mol. The van der Waals surface area contributed by atoms with Gasteiger partial charge in [0.15, 0.2) is 0 Å². The normalized spacial score (nSPS) is 12.1. The van der Waals surface area contributed by atoms with Crippen LogP contribution in [0, 0.1) is 0 Å². The van der Waals surface area contributed by atoms with Gasteiger partial charge in [-0.05, 0) is 106 Å². The van der Waals surface area contributed by atoms with Gasteiger partial charge in [0.2, 0.25) is 0 Å². The second kappa shape index (κ2) is 16.9. The van der Waals surface area contributed by atoms with E-state index in [4.69, 9.17) is 8.83 Å². The van der Waals surface area contributed by atoms with Gasteiger partial charge >= 0.3 is 0 Å². The number of hydrogen-bond acceptors (Lipinski definition) is 4. The number of fused-ring (bicyclic) bond motifs is 16. The minimum Gasteiger partial charge on any atom is -0.455 e. The molecule has 0 aliphatic rings. The molecule has 0 unspecified atom stereocenters. The van der Waals surface area contributed by atoms with Crippen LogP contribution in [0.15, 0.2) is 282 Å². The molecule has 0 aliphatic heterocycles. The summed E-state index contributed by atoms with van der Waals surface area (Å²) in [6, 6.07) is 98.5. The maximum atomic E-state index is 6.85. The van der Waals surface area contributed by atoms with E-state index in [0.717, 1.165) is 106 Å². The maximum Gasteiger partial charge on any atom is 0.143 e. The Balaban J connectivity index is 0.872. The quantitative estimate of drug-likeness (QED) is 0.152. The van der Waals surface area contributed by atoms with Crippen LogP contribution in [0.2, 0.25) is 0 Å². The minimum atomic E-state index is 0.847. The second-order valence-corrected chi connectivity index (χ2v) is 20.8. The number of rotatable bonds is 8. The molecule has 5 heteroatoms. The lowest BCUT2D eigenvalue weighted by atomic mass is 9.98. The van der Waals surface area contributed by atoms with Crippen molar-refractivity contribution in [2.24, 2.45) is 0 Å². The number of nitrogens with zero attached hydrogens (tertiary/aromatic N) is 3. The van der Waals surface area contributed by atoms with Gasteiger partial charge in [0, 0.05) is 106 Å². The molecule has 4 heterocycles. The molecule has 0 aliphatic carbocycles. The lowest BCUT2D eigenvalue weighted by Gasteiger charge is -2.26. The summed E-state index contributed by atoms with van der Waals surface area (Å²) < 4.78 is 16.3. The Hall–Kier alpha value is -10.6. The van der Waals surface area contributed by atoms with Crippen molar-refractivity contribution in [1.82, 2.24) is 4.40 Å². The molecule has 0 spiro atoms. The summed E-state index contributed by atoms with van der Waals surface area (Å²) in [6.45, 7) is 0. The SMILES string of the molecule is c1ccc(-c2cccc3c2oc2cc(N(c4ccccc4)c4ccc5cc6c7ccc(N(c8ccccc8)c8ccc9c(c8)oc8c(-c%10ccccc%10)cccc89)cc7n7c8c9ccccc9ccc8c(c5c4)c67)ccc23)cc1. The summed E-state index contributed by atoms with van der Waals surface area (Å²) in [5.41, 5.74) is 17.8. The Bertz CT molecular complexity index is 5250. The van der Waals surface area contributed by atoms with E-state index in [1.54, 1.807) is 0 Å². The number of aromatic nitrogens is 1. The number of furan rings is 2. The van der Waals surface area contributed by atoms with Gasteiger partial charge in [0.05, 0.1) is 16.6 Å². The van der Waals surface area contributed by atoms with Crippen molar-refractivity contribution >= 4 is 138 Å². The first-order valence-electron chi connectivity index (χ1n) is 27.0. The first-order valence-corrected chi connectivity index (χ1v) is 27.0. The van der Waals surface area contributed by atoms with E-state index in [1.807, 2.05) is 0 Å². The Morgan fingerprint density at radius 2 is 0.734 bits per heavy atom. The van der Waals surface area contributed by atoms with E-state index in [2.05, 4.69) is 287 Å². The van der Waals surface area contributed by atoms with Gasteiger partial charge < -0.3 is 23.0 Å². The first-order chi connectivity index (χ1) is 39.2. The monoisotopic (exact) mass is 1010 g/mol. The topological polar surface area (TPSA) is 37.2 Å². The van der Waals surface area contributed by atoms with E-state index < -0.39 is 0 Å². The molecule has 0 saturated heterocycles. The molecule has 0 N–H and O–H groups in total. The van der Waals surface area contributed by atoms with Gasteiger partial charge in [0.25, 0.3) is 0 Å². The van der Waals surface area contributed by atoms with Crippen molar-refractivity contribution < 1.29 is 8.83 Å². The van der Waals surface area contributed by atoms with Gasteiger partial charge in [-0.15, -0.1) is 0 Å². The summed E-state index contributed by atoms with van der Waals surface area (Å²) in [6.07, 6.45) is 0. The van der Waals surface area contributed by atoms with E-state index in [0.29, 0.717) is 0 Å². The molecule has 5 nitrogen and oxygen atoms in total. The van der Waals surface area contributed by atoms with Gasteiger partial charge in [-0.25, -0.2) is 0 Å². The van der Waals surface area contributed by atoms with Crippen LogP contribution in [-0.4, -0.2) is 4.40 Å². The molecule has 0 amide bonds. The van der Waals surface area contributed by atoms with Gasteiger partial charge in [0.1, 0.15) is 22.3 Å². The van der Waals surface area contributed by atoms with Crippen LogP contribution in [0.1, 0.15) is 0 Å². The Morgan fingerprint density at radius 3 is 1.33 bits per heavy atom. The third kappa shape index (κ3) is 6.57. The van der Waals surface area contributed by atoms with Crippen LogP contribution in [0.25, 0.3) is 126 Å². The van der Waals surface area contributed by atoms with Crippen molar-refractivity contribution in [2.45, 2.75) is 0 Å². The maximum absolute atomic E-state index is 6.85. The van der Waals surface area contributed by atoms with Crippen molar-refractivity contribution in [3.63, 3.8) is 0 Å². The predicted octanol–water partition coefficient (Wildman–Crippen LogP) is 21.2. The molecule has 17 aromatic rings.